The van der Waals surface area contributed by atoms with Crippen LogP contribution in [0, 0.1) is 0 Å². The molecular weight excluding hydrogens is 230 g/mol. The molecular formula is C18H19N. The number of hydrogen-bond donors (Lipinski definition) is 1. The van der Waals surface area contributed by atoms with Gasteiger partial charge in [0, 0.05) is 6.54 Å². The Morgan fingerprint density at radius 2 is 1.79 bits per heavy atom. The van der Waals surface area contributed by atoms with Gasteiger partial charge in [-0.25, -0.2) is 0 Å². The topological polar surface area (TPSA) is 12.0 Å². The highest BCUT2D eigenvalue weighted by atomic mass is 14.9. The molecule has 96 valence electrons. The second-order valence-electron chi connectivity index (χ2n) is 5.77. The Labute approximate surface area is 114 Å². The average Bonchev–Trinajstić information content (AvgIpc) is 3.28. The third-order valence-corrected chi connectivity index (χ3v) is 4.59. The minimum atomic E-state index is 0.752. The molecule has 0 bridgehead atoms. The molecule has 1 aliphatic heterocycles. The normalized spacial score (nSPS) is 24.8. The Bertz CT molecular complexity index is 588. The first-order valence-corrected chi connectivity index (χ1v) is 7.30. The zero-order valence-corrected chi connectivity index (χ0v) is 11.1. The molecule has 2 aliphatic rings. The van der Waals surface area contributed by atoms with Crippen LogP contribution in [0.5, 0.6) is 0 Å². The molecule has 2 atom stereocenters. The summed E-state index contributed by atoms with van der Waals surface area (Å²) in [4.78, 5) is 0. The van der Waals surface area contributed by atoms with Gasteiger partial charge in [-0.15, -0.1) is 0 Å². The van der Waals surface area contributed by atoms with E-state index in [0.717, 1.165) is 24.9 Å². The van der Waals surface area contributed by atoms with Gasteiger partial charge in [0.1, 0.15) is 0 Å². The van der Waals surface area contributed by atoms with Crippen LogP contribution < -0.4 is 5.32 Å². The second-order valence-corrected chi connectivity index (χ2v) is 5.77. The van der Waals surface area contributed by atoms with E-state index < -0.39 is 0 Å². The van der Waals surface area contributed by atoms with Crippen molar-refractivity contribution in [1.82, 2.24) is 5.32 Å². The van der Waals surface area contributed by atoms with Crippen LogP contribution >= 0.6 is 0 Å². The van der Waals surface area contributed by atoms with Crippen molar-refractivity contribution >= 4 is 0 Å². The van der Waals surface area contributed by atoms with Crippen LogP contribution in [0.25, 0.3) is 0 Å². The predicted octanol–water partition coefficient (Wildman–Crippen LogP) is 3.60. The van der Waals surface area contributed by atoms with E-state index in [0.29, 0.717) is 0 Å². The van der Waals surface area contributed by atoms with Crippen molar-refractivity contribution in [2.24, 2.45) is 0 Å². The third kappa shape index (κ3) is 1.98. The summed E-state index contributed by atoms with van der Waals surface area (Å²) in [6.45, 7) is 2.18. The Kier molecular flexibility index (Phi) is 2.66. The van der Waals surface area contributed by atoms with Crippen LogP contribution in [-0.2, 0) is 13.0 Å². The van der Waals surface area contributed by atoms with E-state index in [2.05, 4.69) is 53.8 Å². The Morgan fingerprint density at radius 1 is 0.895 bits per heavy atom. The molecule has 1 saturated carbocycles. The van der Waals surface area contributed by atoms with Gasteiger partial charge in [-0.1, -0.05) is 48.5 Å². The zero-order chi connectivity index (χ0) is 12.7. The molecule has 4 rings (SSSR count). The number of nitrogens with one attached hydrogen (secondary N) is 1. The smallest absolute Gasteiger partial charge is 0.0208 e. The fraction of sp³-hybridized carbons (Fsp3) is 0.333. The third-order valence-electron chi connectivity index (χ3n) is 4.59. The lowest BCUT2D eigenvalue weighted by atomic mass is 9.92. The number of hydrogen-bond acceptors (Lipinski definition) is 1. The Balaban J connectivity index is 1.65. The maximum Gasteiger partial charge on any atom is 0.0208 e. The van der Waals surface area contributed by atoms with Gasteiger partial charge >= 0.3 is 0 Å². The first kappa shape index (κ1) is 11.2. The molecule has 1 heteroatoms. The lowest BCUT2D eigenvalue weighted by Crippen LogP contribution is -2.24. The summed E-state index contributed by atoms with van der Waals surface area (Å²) < 4.78 is 0. The van der Waals surface area contributed by atoms with Crippen molar-refractivity contribution in [3.05, 3.63) is 70.8 Å². The molecule has 1 N–H and O–H groups in total. The van der Waals surface area contributed by atoms with Crippen LogP contribution in [0.1, 0.15) is 40.5 Å². The zero-order valence-electron chi connectivity index (χ0n) is 11.1. The molecule has 19 heavy (non-hydrogen) atoms. The molecule has 2 aromatic carbocycles. The van der Waals surface area contributed by atoms with Crippen molar-refractivity contribution in [3.63, 3.8) is 0 Å². The second kappa shape index (κ2) is 4.50. The summed E-state index contributed by atoms with van der Waals surface area (Å²) in [5.41, 5.74) is 6.28. The van der Waals surface area contributed by atoms with Crippen molar-refractivity contribution in [1.29, 1.82) is 0 Å². The fourth-order valence-electron chi connectivity index (χ4n) is 3.52. The van der Waals surface area contributed by atoms with Crippen LogP contribution in [-0.4, -0.2) is 6.54 Å². The van der Waals surface area contributed by atoms with Crippen LogP contribution in [0.2, 0.25) is 0 Å². The Hall–Kier alpha value is -1.60. The molecule has 0 amide bonds. The van der Waals surface area contributed by atoms with Crippen molar-refractivity contribution in [2.45, 2.75) is 31.2 Å². The summed E-state index contributed by atoms with van der Waals surface area (Å²) in [5, 5.41) is 3.47. The largest absolute Gasteiger partial charge is 0.312 e. The molecule has 1 aliphatic carbocycles. The molecule has 0 saturated heterocycles. The lowest BCUT2D eigenvalue weighted by Gasteiger charge is -2.20. The van der Waals surface area contributed by atoms with E-state index in [4.69, 9.17) is 0 Å². The summed E-state index contributed by atoms with van der Waals surface area (Å²) >= 11 is 0. The van der Waals surface area contributed by atoms with Gasteiger partial charge in [0.25, 0.3) is 0 Å². The lowest BCUT2D eigenvalue weighted by molar-refractivity contribution is 0.638. The van der Waals surface area contributed by atoms with Gasteiger partial charge in [0.15, 0.2) is 0 Å². The molecule has 1 nitrogen and oxygen atoms in total. The minimum Gasteiger partial charge on any atom is -0.312 e. The molecule has 1 fully saturated rings. The van der Waals surface area contributed by atoms with Gasteiger partial charge < -0.3 is 5.32 Å². The molecule has 0 radical (unpaired) electrons. The SMILES string of the molecule is c1ccc(C2CC2c2cccc3c2CCNC3)cc1. The van der Waals surface area contributed by atoms with Crippen LogP contribution in [0.4, 0.5) is 0 Å². The summed E-state index contributed by atoms with van der Waals surface area (Å²) in [6, 6.07) is 17.9. The van der Waals surface area contributed by atoms with Gasteiger partial charge in [0.05, 0.1) is 0 Å². The van der Waals surface area contributed by atoms with Crippen molar-refractivity contribution in [3.8, 4) is 0 Å². The standard InChI is InChI=1S/C18H19N/c1-2-5-13(6-3-1)17-11-18(17)16-8-4-7-14-12-19-10-9-15(14)16/h1-8,17-19H,9-12H2. The number of rotatable bonds is 2. The van der Waals surface area contributed by atoms with Gasteiger partial charge in [-0.05, 0) is 53.5 Å². The van der Waals surface area contributed by atoms with Gasteiger partial charge in [0.2, 0.25) is 0 Å². The van der Waals surface area contributed by atoms with E-state index in [1.807, 2.05) is 0 Å². The Morgan fingerprint density at radius 3 is 2.68 bits per heavy atom. The van der Waals surface area contributed by atoms with E-state index >= 15 is 0 Å². The molecule has 0 aromatic heterocycles. The van der Waals surface area contributed by atoms with E-state index in [-0.39, 0.29) is 0 Å². The quantitative estimate of drug-likeness (QED) is 0.857. The monoisotopic (exact) mass is 249 g/mol. The summed E-state index contributed by atoms with van der Waals surface area (Å²) in [7, 11) is 0. The highest BCUT2D eigenvalue weighted by molar-refractivity contribution is 5.45. The van der Waals surface area contributed by atoms with Gasteiger partial charge in [-0.3, -0.25) is 0 Å². The predicted molar refractivity (Wildman–Crippen MR) is 78.4 cm³/mol. The molecule has 1 heterocycles. The summed E-state index contributed by atoms with van der Waals surface area (Å²) in [5.74, 6) is 1.51. The molecule has 0 spiro atoms. The molecule has 2 unspecified atom stereocenters. The average molecular weight is 249 g/mol. The van der Waals surface area contributed by atoms with E-state index in [1.54, 1.807) is 11.1 Å². The fourth-order valence-corrected chi connectivity index (χ4v) is 3.52. The maximum atomic E-state index is 3.47. The highest BCUT2D eigenvalue weighted by Crippen LogP contribution is 2.55. The van der Waals surface area contributed by atoms with Crippen molar-refractivity contribution in [2.75, 3.05) is 6.54 Å². The van der Waals surface area contributed by atoms with Crippen molar-refractivity contribution < 1.29 is 0 Å². The number of benzene rings is 2. The first-order chi connectivity index (χ1) is 9.43. The van der Waals surface area contributed by atoms with Crippen LogP contribution in [0.3, 0.4) is 0 Å². The summed E-state index contributed by atoms with van der Waals surface area (Å²) in [6.07, 6.45) is 2.53. The number of fused-ring (bicyclic) bond motifs is 1. The van der Waals surface area contributed by atoms with E-state index in [9.17, 15) is 0 Å². The van der Waals surface area contributed by atoms with Gasteiger partial charge in [-0.2, -0.15) is 0 Å². The first-order valence-electron chi connectivity index (χ1n) is 7.30. The highest BCUT2D eigenvalue weighted by Gasteiger charge is 2.40. The minimum absolute atomic E-state index is 0.752. The van der Waals surface area contributed by atoms with Crippen LogP contribution in [0.15, 0.2) is 48.5 Å². The molecule has 2 aromatic rings. The van der Waals surface area contributed by atoms with E-state index in [1.165, 1.54) is 24.0 Å². The maximum absolute atomic E-state index is 3.47.